The molecule has 0 aromatic heterocycles. The van der Waals surface area contributed by atoms with Crippen molar-refractivity contribution in [3.63, 3.8) is 0 Å². The first-order chi connectivity index (χ1) is 10.1. The minimum absolute atomic E-state index is 0.689. The predicted molar refractivity (Wildman–Crippen MR) is 88.8 cm³/mol. The molecule has 0 aliphatic heterocycles. The van der Waals surface area contributed by atoms with E-state index < -0.39 is 0 Å². The minimum atomic E-state index is 0.689. The molecule has 0 radical (unpaired) electrons. The molecule has 2 aromatic rings. The van der Waals surface area contributed by atoms with Crippen LogP contribution in [-0.4, -0.2) is 25.1 Å². The topological polar surface area (TPSA) is 38.5 Å². The van der Waals surface area contributed by atoms with Crippen molar-refractivity contribution in [1.29, 1.82) is 0 Å². The third-order valence-corrected chi connectivity index (χ3v) is 3.43. The van der Waals surface area contributed by atoms with Crippen molar-refractivity contribution in [2.75, 3.05) is 25.9 Å². The number of hydrogen-bond acceptors (Lipinski definition) is 3. The number of rotatable bonds is 7. The Morgan fingerprint density at radius 2 is 1.90 bits per heavy atom. The van der Waals surface area contributed by atoms with E-state index in [1.165, 1.54) is 5.56 Å². The molecular weight excluding hydrogens is 284 g/mol. The Hall–Kier alpha value is -1.71. The zero-order valence-corrected chi connectivity index (χ0v) is 13.0. The summed E-state index contributed by atoms with van der Waals surface area (Å²) in [6.07, 6.45) is 0.971. The van der Waals surface area contributed by atoms with E-state index in [1.54, 1.807) is 0 Å². The molecule has 0 aliphatic carbocycles. The van der Waals surface area contributed by atoms with E-state index in [0.717, 1.165) is 36.0 Å². The van der Waals surface area contributed by atoms with Crippen molar-refractivity contribution >= 4 is 17.3 Å². The number of nitrogens with zero attached hydrogens (tertiary/aromatic N) is 1. The van der Waals surface area contributed by atoms with Crippen molar-refractivity contribution in [3.05, 3.63) is 59.1 Å². The quantitative estimate of drug-likeness (QED) is 0.624. The van der Waals surface area contributed by atoms with Crippen molar-refractivity contribution in [2.45, 2.75) is 13.0 Å². The largest absolute Gasteiger partial charge is 0.493 e. The number of nitrogen functional groups attached to an aromatic ring is 1. The third kappa shape index (κ3) is 5.66. The van der Waals surface area contributed by atoms with Crippen LogP contribution in [0.4, 0.5) is 5.69 Å². The molecule has 0 unspecified atom stereocenters. The van der Waals surface area contributed by atoms with Gasteiger partial charge in [0.2, 0.25) is 0 Å². The second-order valence-corrected chi connectivity index (χ2v) is 5.58. The number of nitrogens with two attached hydrogens (primary N) is 1. The summed E-state index contributed by atoms with van der Waals surface area (Å²) in [5, 5.41) is 0.775. The van der Waals surface area contributed by atoms with Gasteiger partial charge >= 0.3 is 0 Å². The van der Waals surface area contributed by atoms with E-state index in [4.69, 9.17) is 22.1 Å². The third-order valence-electron chi connectivity index (χ3n) is 3.18. The highest BCUT2D eigenvalue weighted by atomic mass is 35.5. The molecule has 0 heterocycles. The zero-order valence-electron chi connectivity index (χ0n) is 12.3. The number of anilines is 1. The van der Waals surface area contributed by atoms with Gasteiger partial charge in [-0.25, -0.2) is 0 Å². The fraction of sp³-hybridized carbons (Fsp3) is 0.294. The van der Waals surface area contributed by atoms with Gasteiger partial charge in [-0.1, -0.05) is 29.8 Å². The molecule has 0 fully saturated rings. The molecular formula is C17H21ClN2O. The van der Waals surface area contributed by atoms with Crippen LogP contribution in [0.3, 0.4) is 0 Å². The maximum absolute atomic E-state index is 5.88. The van der Waals surface area contributed by atoms with Gasteiger partial charge in [-0.2, -0.15) is 0 Å². The molecule has 3 nitrogen and oxygen atoms in total. The highest BCUT2D eigenvalue weighted by Crippen LogP contribution is 2.15. The average molecular weight is 305 g/mol. The molecule has 0 aliphatic rings. The van der Waals surface area contributed by atoms with Gasteiger partial charge in [0.1, 0.15) is 5.75 Å². The van der Waals surface area contributed by atoms with Crippen molar-refractivity contribution in [1.82, 2.24) is 4.90 Å². The molecule has 4 heteroatoms. The second kappa shape index (κ2) is 7.91. The summed E-state index contributed by atoms with van der Waals surface area (Å²) in [5.74, 6) is 0.829. The van der Waals surface area contributed by atoms with E-state index in [1.807, 2.05) is 36.4 Å². The molecule has 0 spiro atoms. The summed E-state index contributed by atoms with van der Waals surface area (Å²) in [7, 11) is 2.11. The van der Waals surface area contributed by atoms with Gasteiger partial charge in [0.25, 0.3) is 0 Å². The molecule has 0 bridgehead atoms. The number of benzene rings is 2. The highest BCUT2D eigenvalue weighted by molar-refractivity contribution is 6.30. The number of ether oxygens (including phenoxy) is 1. The molecule has 112 valence electrons. The van der Waals surface area contributed by atoms with Crippen LogP contribution in [0.25, 0.3) is 0 Å². The monoisotopic (exact) mass is 304 g/mol. The lowest BCUT2D eigenvalue weighted by Crippen LogP contribution is -2.20. The summed E-state index contributed by atoms with van der Waals surface area (Å²) >= 11 is 5.88. The van der Waals surface area contributed by atoms with Gasteiger partial charge in [0.05, 0.1) is 6.61 Å². The van der Waals surface area contributed by atoms with Gasteiger partial charge in [0.15, 0.2) is 0 Å². The van der Waals surface area contributed by atoms with Crippen LogP contribution in [0.5, 0.6) is 5.75 Å². The first-order valence-electron chi connectivity index (χ1n) is 7.05. The van der Waals surface area contributed by atoms with Crippen LogP contribution >= 0.6 is 11.6 Å². The van der Waals surface area contributed by atoms with E-state index in [-0.39, 0.29) is 0 Å². The van der Waals surface area contributed by atoms with Gasteiger partial charge in [-0.3, -0.25) is 0 Å². The Morgan fingerprint density at radius 3 is 2.62 bits per heavy atom. The maximum atomic E-state index is 5.88. The van der Waals surface area contributed by atoms with Crippen molar-refractivity contribution < 1.29 is 4.74 Å². The smallest absolute Gasteiger partial charge is 0.121 e. The van der Waals surface area contributed by atoms with Crippen LogP contribution in [0.15, 0.2) is 48.5 Å². The van der Waals surface area contributed by atoms with E-state index in [2.05, 4.69) is 24.1 Å². The number of hydrogen-bond donors (Lipinski definition) is 1. The Kier molecular flexibility index (Phi) is 5.90. The van der Waals surface area contributed by atoms with Crippen molar-refractivity contribution in [3.8, 4) is 5.75 Å². The van der Waals surface area contributed by atoms with Crippen LogP contribution < -0.4 is 10.5 Å². The fourth-order valence-corrected chi connectivity index (χ4v) is 2.24. The first kappa shape index (κ1) is 15.7. The first-order valence-corrected chi connectivity index (χ1v) is 7.42. The lowest BCUT2D eigenvalue weighted by molar-refractivity contribution is 0.259. The van der Waals surface area contributed by atoms with Crippen LogP contribution in [0, 0.1) is 0 Å². The summed E-state index contributed by atoms with van der Waals surface area (Å²) in [5.41, 5.74) is 7.70. The van der Waals surface area contributed by atoms with Gasteiger partial charge < -0.3 is 15.4 Å². The van der Waals surface area contributed by atoms with E-state index in [0.29, 0.717) is 6.61 Å². The Labute approximate surface area is 131 Å². The molecule has 2 N–H and O–H groups in total. The summed E-state index contributed by atoms with van der Waals surface area (Å²) in [4.78, 5) is 2.27. The molecule has 0 saturated heterocycles. The van der Waals surface area contributed by atoms with Crippen LogP contribution in [-0.2, 0) is 6.54 Å². The molecule has 0 atom stereocenters. The number of halogens is 1. The summed E-state index contributed by atoms with van der Waals surface area (Å²) in [6.45, 7) is 2.58. The molecule has 0 saturated carbocycles. The summed E-state index contributed by atoms with van der Waals surface area (Å²) in [6, 6.07) is 15.5. The van der Waals surface area contributed by atoms with Crippen molar-refractivity contribution in [2.24, 2.45) is 0 Å². The Bertz CT molecular complexity index is 557. The highest BCUT2D eigenvalue weighted by Gasteiger charge is 2.01. The minimum Gasteiger partial charge on any atom is -0.493 e. The normalized spacial score (nSPS) is 10.8. The molecule has 0 amide bonds. The lowest BCUT2D eigenvalue weighted by atomic mass is 10.2. The molecule has 21 heavy (non-hydrogen) atoms. The lowest BCUT2D eigenvalue weighted by Gasteiger charge is -2.17. The van der Waals surface area contributed by atoms with Crippen LogP contribution in [0.1, 0.15) is 12.0 Å². The predicted octanol–water partition coefficient (Wildman–Crippen LogP) is 3.82. The maximum Gasteiger partial charge on any atom is 0.121 e. The summed E-state index contributed by atoms with van der Waals surface area (Å²) < 4.78 is 5.68. The van der Waals surface area contributed by atoms with Gasteiger partial charge in [-0.05, 0) is 43.3 Å². The van der Waals surface area contributed by atoms with Crippen LogP contribution in [0.2, 0.25) is 5.02 Å². The Balaban J connectivity index is 1.67. The van der Waals surface area contributed by atoms with E-state index >= 15 is 0 Å². The van der Waals surface area contributed by atoms with Gasteiger partial charge in [-0.15, -0.1) is 0 Å². The average Bonchev–Trinajstić information content (AvgIpc) is 2.46. The molecule has 2 aromatic carbocycles. The zero-order chi connectivity index (χ0) is 15.1. The fourth-order valence-electron chi connectivity index (χ4n) is 2.11. The molecule has 2 rings (SSSR count). The van der Waals surface area contributed by atoms with Gasteiger partial charge in [0, 0.05) is 29.9 Å². The SMILES string of the molecule is CN(CCCOc1cccc(N)c1)Cc1ccc(Cl)cc1. The second-order valence-electron chi connectivity index (χ2n) is 5.14. The Morgan fingerprint density at radius 1 is 1.14 bits per heavy atom. The standard InChI is InChI=1S/C17H21ClN2O/c1-20(13-14-6-8-15(18)9-7-14)10-3-11-21-17-5-2-4-16(19)12-17/h2,4-9,12H,3,10-11,13,19H2,1H3. The van der Waals surface area contributed by atoms with E-state index in [9.17, 15) is 0 Å².